The molecular formula is C11H13FO2. The minimum Gasteiger partial charge on any atom is -0.384 e. The maximum Gasteiger partial charge on any atom is 0.165 e. The number of benzene rings is 1. The SMILES string of the molecule is COCCC(=O)c1ccc(F)cc1C. The van der Waals surface area contributed by atoms with Gasteiger partial charge in [0.15, 0.2) is 5.78 Å². The lowest BCUT2D eigenvalue weighted by atomic mass is 10.0. The summed E-state index contributed by atoms with van der Waals surface area (Å²) in [6.45, 7) is 2.12. The van der Waals surface area contributed by atoms with E-state index in [0.717, 1.165) is 0 Å². The zero-order valence-corrected chi connectivity index (χ0v) is 8.34. The van der Waals surface area contributed by atoms with Gasteiger partial charge in [-0.25, -0.2) is 4.39 Å². The maximum absolute atomic E-state index is 12.7. The number of rotatable bonds is 4. The summed E-state index contributed by atoms with van der Waals surface area (Å²) in [7, 11) is 1.55. The fourth-order valence-electron chi connectivity index (χ4n) is 1.27. The number of ketones is 1. The van der Waals surface area contributed by atoms with Crippen LogP contribution in [0.3, 0.4) is 0 Å². The van der Waals surface area contributed by atoms with Crippen LogP contribution in [-0.4, -0.2) is 19.5 Å². The van der Waals surface area contributed by atoms with Crippen LogP contribution >= 0.6 is 0 Å². The molecule has 0 radical (unpaired) electrons. The van der Waals surface area contributed by atoms with E-state index in [1.807, 2.05) is 0 Å². The van der Waals surface area contributed by atoms with Crippen molar-refractivity contribution in [2.75, 3.05) is 13.7 Å². The molecule has 0 aromatic heterocycles. The Balaban J connectivity index is 2.80. The zero-order valence-electron chi connectivity index (χ0n) is 8.34. The molecule has 1 aromatic carbocycles. The van der Waals surface area contributed by atoms with Crippen LogP contribution in [-0.2, 0) is 4.74 Å². The van der Waals surface area contributed by atoms with Gasteiger partial charge in [-0.05, 0) is 30.7 Å². The molecule has 2 nitrogen and oxygen atoms in total. The number of Topliss-reactive ketones (excluding diaryl/α,β-unsaturated/α-hetero) is 1. The molecule has 0 atom stereocenters. The molecule has 0 N–H and O–H groups in total. The van der Waals surface area contributed by atoms with E-state index >= 15 is 0 Å². The Hall–Kier alpha value is -1.22. The van der Waals surface area contributed by atoms with Crippen LogP contribution in [0.2, 0.25) is 0 Å². The second-order valence-electron chi connectivity index (χ2n) is 3.13. The quantitative estimate of drug-likeness (QED) is 0.691. The van der Waals surface area contributed by atoms with Gasteiger partial charge in [-0.3, -0.25) is 4.79 Å². The van der Waals surface area contributed by atoms with E-state index in [4.69, 9.17) is 4.74 Å². The van der Waals surface area contributed by atoms with Gasteiger partial charge >= 0.3 is 0 Å². The van der Waals surface area contributed by atoms with Crippen molar-refractivity contribution in [3.63, 3.8) is 0 Å². The molecule has 14 heavy (non-hydrogen) atoms. The molecule has 0 saturated heterocycles. The van der Waals surface area contributed by atoms with E-state index in [0.29, 0.717) is 24.2 Å². The molecule has 76 valence electrons. The Kier molecular flexibility index (Phi) is 3.77. The summed E-state index contributed by atoms with van der Waals surface area (Å²) in [5.74, 6) is -0.324. The predicted molar refractivity (Wildman–Crippen MR) is 52.0 cm³/mol. The Bertz CT molecular complexity index is 334. The number of methoxy groups -OCH3 is 1. The number of ether oxygens (including phenoxy) is 1. The average molecular weight is 196 g/mol. The summed E-state index contributed by atoms with van der Waals surface area (Å²) in [5, 5.41) is 0. The third kappa shape index (κ3) is 2.64. The lowest BCUT2D eigenvalue weighted by Crippen LogP contribution is -2.05. The van der Waals surface area contributed by atoms with Gasteiger partial charge in [0.2, 0.25) is 0 Å². The van der Waals surface area contributed by atoms with Crippen molar-refractivity contribution in [2.45, 2.75) is 13.3 Å². The van der Waals surface area contributed by atoms with E-state index in [1.54, 1.807) is 14.0 Å². The van der Waals surface area contributed by atoms with Crippen LogP contribution in [0.25, 0.3) is 0 Å². The van der Waals surface area contributed by atoms with Crippen LogP contribution in [0.5, 0.6) is 0 Å². The van der Waals surface area contributed by atoms with Crippen LogP contribution in [0.1, 0.15) is 22.3 Å². The molecule has 0 amide bonds. The van der Waals surface area contributed by atoms with Gasteiger partial charge in [0.05, 0.1) is 6.61 Å². The fourth-order valence-corrected chi connectivity index (χ4v) is 1.27. The van der Waals surface area contributed by atoms with Crippen molar-refractivity contribution in [3.05, 3.63) is 35.1 Å². The first-order valence-corrected chi connectivity index (χ1v) is 4.43. The van der Waals surface area contributed by atoms with E-state index < -0.39 is 0 Å². The molecule has 0 aliphatic rings. The number of aryl methyl sites for hydroxylation is 1. The smallest absolute Gasteiger partial charge is 0.165 e. The summed E-state index contributed by atoms with van der Waals surface area (Å²) in [4.78, 5) is 11.5. The third-order valence-corrected chi connectivity index (χ3v) is 2.02. The van der Waals surface area contributed by atoms with E-state index in [2.05, 4.69) is 0 Å². The molecule has 0 aliphatic carbocycles. The number of halogens is 1. The summed E-state index contributed by atoms with van der Waals surface area (Å²) in [6, 6.07) is 4.18. The molecule has 1 aromatic rings. The molecule has 0 bridgehead atoms. The summed E-state index contributed by atoms with van der Waals surface area (Å²) in [5.41, 5.74) is 1.24. The van der Waals surface area contributed by atoms with Gasteiger partial charge in [-0.15, -0.1) is 0 Å². The Morgan fingerprint density at radius 2 is 2.21 bits per heavy atom. The first kappa shape index (κ1) is 10.9. The molecule has 0 spiro atoms. The predicted octanol–water partition coefficient (Wildman–Crippen LogP) is 2.35. The molecule has 3 heteroatoms. The van der Waals surface area contributed by atoms with Gasteiger partial charge in [0.1, 0.15) is 5.82 Å². The Morgan fingerprint density at radius 1 is 1.50 bits per heavy atom. The highest BCUT2D eigenvalue weighted by atomic mass is 19.1. The van der Waals surface area contributed by atoms with Gasteiger partial charge in [-0.2, -0.15) is 0 Å². The van der Waals surface area contributed by atoms with Crippen molar-refractivity contribution in [2.24, 2.45) is 0 Å². The molecular weight excluding hydrogens is 183 g/mol. The van der Waals surface area contributed by atoms with Crippen molar-refractivity contribution in [3.8, 4) is 0 Å². The monoisotopic (exact) mass is 196 g/mol. The lowest BCUT2D eigenvalue weighted by molar-refractivity contribution is 0.0931. The standard InChI is InChI=1S/C11H13FO2/c1-8-7-9(12)3-4-10(8)11(13)5-6-14-2/h3-4,7H,5-6H2,1-2H3. The highest BCUT2D eigenvalue weighted by Gasteiger charge is 2.08. The third-order valence-electron chi connectivity index (χ3n) is 2.02. The number of hydrogen-bond acceptors (Lipinski definition) is 2. The highest BCUT2D eigenvalue weighted by molar-refractivity contribution is 5.97. The van der Waals surface area contributed by atoms with Crippen LogP contribution in [0.4, 0.5) is 4.39 Å². The number of carbonyl (C=O) groups is 1. The molecule has 0 unspecified atom stereocenters. The van der Waals surface area contributed by atoms with Gasteiger partial charge in [0, 0.05) is 19.1 Å². The molecule has 0 aliphatic heterocycles. The zero-order chi connectivity index (χ0) is 10.6. The van der Waals surface area contributed by atoms with Crippen molar-refractivity contribution in [1.29, 1.82) is 0 Å². The van der Waals surface area contributed by atoms with Gasteiger partial charge in [0.25, 0.3) is 0 Å². The maximum atomic E-state index is 12.7. The minimum atomic E-state index is -0.314. The number of carbonyl (C=O) groups excluding carboxylic acids is 1. The van der Waals surface area contributed by atoms with Gasteiger partial charge < -0.3 is 4.74 Å². The van der Waals surface area contributed by atoms with Gasteiger partial charge in [-0.1, -0.05) is 0 Å². The summed E-state index contributed by atoms with van der Waals surface area (Å²) < 4.78 is 17.5. The first-order valence-electron chi connectivity index (χ1n) is 4.43. The normalized spacial score (nSPS) is 10.2. The fraction of sp³-hybridized carbons (Fsp3) is 0.364. The molecule has 0 saturated carbocycles. The van der Waals surface area contributed by atoms with Crippen molar-refractivity contribution < 1.29 is 13.9 Å². The Morgan fingerprint density at radius 3 is 2.79 bits per heavy atom. The minimum absolute atomic E-state index is 0.00986. The van der Waals surface area contributed by atoms with E-state index in [-0.39, 0.29) is 11.6 Å². The molecule has 1 rings (SSSR count). The second-order valence-corrected chi connectivity index (χ2v) is 3.13. The van der Waals surface area contributed by atoms with Crippen molar-refractivity contribution >= 4 is 5.78 Å². The largest absolute Gasteiger partial charge is 0.384 e. The van der Waals surface area contributed by atoms with Crippen LogP contribution < -0.4 is 0 Å². The van der Waals surface area contributed by atoms with Crippen LogP contribution in [0, 0.1) is 12.7 Å². The molecule has 0 fully saturated rings. The topological polar surface area (TPSA) is 26.3 Å². The summed E-state index contributed by atoms with van der Waals surface area (Å²) >= 11 is 0. The highest BCUT2D eigenvalue weighted by Crippen LogP contribution is 2.12. The summed E-state index contributed by atoms with van der Waals surface area (Å²) in [6.07, 6.45) is 0.336. The van der Waals surface area contributed by atoms with E-state index in [9.17, 15) is 9.18 Å². The van der Waals surface area contributed by atoms with E-state index in [1.165, 1.54) is 18.2 Å². The first-order chi connectivity index (χ1) is 6.65. The average Bonchev–Trinajstić information content (AvgIpc) is 2.14. The second kappa shape index (κ2) is 4.86. The van der Waals surface area contributed by atoms with Crippen molar-refractivity contribution in [1.82, 2.24) is 0 Å². The number of hydrogen-bond donors (Lipinski definition) is 0. The lowest BCUT2D eigenvalue weighted by Gasteiger charge is -2.04. The Labute approximate surface area is 82.7 Å². The van der Waals surface area contributed by atoms with Crippen LogP contribution in [0.15, 0.2) is 18.2 Å². The molecule has 0 heterocycles.